The number of carbonyl (C=O) groups is 4. The summed E-state index contributed by atoms with van der Waals surface area (Å²) in [5.74, 6) is -1.49. The molecule has 2 fully saturated rings. The molecule has 0 spiro atoms. The standard InChI is InChI=1S/C17H24N6O4/c18-15(25)13-3-1-2-6-23(13)17(27)12(7-10-8-19-9-20-10)22-16(26)11-4-5-14(24)21-11/h8-9,11-13H,1-7H2,(H2,18,25)(H,19,20)(H,21,24)(H,22,26)/t11-,12-,13?/m0/s1. The number of nitrogens with one attached hydrogen (secondary N) is 3. The second-order valence-electron chi connectivity index (χ2n) is 6.95. The molecule has 3 rings (SSSR count). The van der Waals surface area contributed by atoms with Gasteiger partial charge in [0.25, 0.3) is 0 Å². The van der Waals surface area contributed by atoms with E-state index in [1.807, 2.05) is 0 Å². The van der Waals surface area contributed by atoms with Crippen molar-refractivity contribution >= 4 is 23.6 Å². The Morgan fingerprint density at radius 2 is 2.15 bits per heavy atom. The van der Waals surface area contributed by atoms with Crippen LogP contribution in [0.2, 0.25) is 0 Å². The van der Waals surface area contributed by atoms with Crippen molar-refractivity contribution in [2.45, 2.75) is 56.7 Å². The highest BCUT2D eigenvalue weighted by Gasteiger charge is 2.37. The van der Waals surface area contributed by atoms with Gasteiger partial charge in [-0.05, 0) is 25.7 Å². The van der Waals surface area contributed by atoms with Crippen molar-refractivity contribution in [1.82, 2.24) is 25.5 Å². The summed E-state index contributed by atoms with van der Waals surface area (Å²) in [4.78, 5) is 57.1. The number of aromatic amines is 1. The fourth-order valence-corrected chi connectivity index (χ4v) is 3.59. The van der Waals surface area contributed by atoms with Crippen molar-refractivity contribution in [2.75, 3.05) is 6.54 Å². The molecule has 2 aliphatic heterocycles. The van der Waals surface area contributed by atoms with Crippen LogP contribution in [0, 0.1) is 0 Å². The average Bonchev–Trinajstić information content (AvgIpc) is 3.32. The fourth-order valence-electron chi connectivity index (χ4n) is 3.59. The van der Waals surface area contributed by atoms with Crippen LogP contribution >= 0.6 is 0 Å². The van der Waals surface area contributed by atoms with Crippen LogP contribution in [0.1, 0.15) is 37.8 Å². The van der Waals surface area contributed by atoms with Gasteiger partial charge in [-0.1, -0.05) is 0 Å². The Morgan fingerprint density at radius 1 is 1.33 bits per heavy atom. The van der Waals surface area contributed by atoms with Gasteiger partial charge in [-0.15, -0.1) is 0 Å². The molecule has 2 aliphatic rings. The minimum atomic E-state index is -0.879. The maximum Gasteiger partial charge on any atom is 0.246 e. The molecular formula is C17H24N6O4. The van der Waals surface area contributed by atoms with E-state index in [0.717, 1.165) is 12.8 Å². The maximum atomic E-state index is 13.1. The predicted octanol–water partition coefficient (Wildman–Crippen LogP) is -1.42. The summed E-state index contributed by atoms with van der Waals surface area (Å²) < 4.78 is 0. The molecule has 27 heavy (non-hydrogen) atoms. The lowest BCUT2D eigenvalue weighted by Crippen LogP contribution is -2.58. The summed E-state index contributed by atoms with van der Waals surface area (Å²) in [6.45, 7) is 0.419. The zero-order chi connectivity index (χ0) is 19.4. The molecule has 5 N–H and O–H groups in total. The summed E-state index contributed by atoms with van der Waals surface area (Å²) in [5, 5.41) is 5.32. The van der Waals surface area contributed by atoms with E-state index < -0.39 is 29.9 Å². The first-order valence-corrected chi connectivity index (χ1v) is 9.12. The monoisotopic (exact) mass is 376 g/mol. The van der Waals surface area contributed by atoms with Crippen LogP contribution in [0.4, 0.5) is 0 Å². The first-order valence-electron chi connectivity index (χ1n) is 9.12. The van der Waals surface area contributed by atoms with Crippen LogP contribution in [0.3, 0.4) is 0 Å². The van der Waals surface area contributed by atoms with E-state index in [1.165, 1.54) is 11.2 Å². The normalized spacial score (nSPS) is 23.6. The summed E-state index contributed by atoms with van der Waals surface area (Å²) in [5.41, 5.74) is 6.14. The number of rotatable bonds is 6. The molecule has 3 heterocycles. The Balaban J connectivity index is 1.75. The SMILES string of the molecule is NC(=O)C1CCCCN1C(=O)[C@H](Cc1cnc[nH]1)NC(=O)[C@@H]1CCC(=O)N1. The molecule has 1 unspecified atom stereocenters. The number of piperidine rings is 1. The van der Waals surface area contributed by atoms with Crippen molar-refractivity contribution in [1.29, 1.82) is 0 Å². The number of primary amides is 1. The van der Waals surface area contributed by atoms with Crippen LogP contribution in [-0.2, 0) is 25.6 Å². The third kappa shape index (κ3) is 4.44. The summed E-state index contributed by atoms with van der Waals surface area (Å²) in [7, 11) is 0. The molecule has 1 aromatic rings. The molecule has 10 nitrogen and oxygen atoms in total. The van der Waals surface area contributed by atoms with Gasteiger partial charge in [0, 0.05) is 31.3 Å². The lowest BCUT2D eigenvalue weighted by Gasteiger charge is -2.36. The number of nitrogens with two attached hydrogens (primary N) is 1. The summed E-state index contributed by atoms with van der Waals surface area (Å²) in [6, 6.07) is -2.20. The zero-order valence-corrected chi connectivity index (χ0v) is 14.9. The lowest BCUT2D eigenvalue weighted by atomic mass is 9.99. The largest absolute Gasteiger partial charge is 0.368 e. The van der Waals surface area contributed by atoms with Crippen LogP contribution in [0.25, 0.3) is 0 Å². The third-order valence-corrected chi connectivity index (χ3v) is 5.02. The Labute approximate surface area is 156 Å². The van der Waals surface area contributed by atoms with Crippen molar-refractivity contribution in [3.63, 3.8) is 0 Å². The number of likely N-dealkylation sites (tertiary alicyclic amines) is 1. The van der Waals surface area contributed by atoms with E-state index in [-0.39, 0.29) is 24.7 Å². The highest BCUT2D eigenvalue weighted by molar-refractivity contribution is 5.95. The van der Waals surface area contributed by atoms with Crippen LogP contribution in [-0.4, -0.2) is 63.2 Å². The van der Waals surface area contributed by atoms with Gasteiger partial charge in [-0.25, -0.2) is 4.98 Å². The molecular weight excluding hydrogens is 352 g/mol. The van der Waals surface area contributed by atoms with Gasteiger partial charge < -0.3 is 26.3 Å². The van der Waals surface area contributed by atoms with E-state index >= 15 is 0 Å². The predicted molar refractivity (Wildman–Crippen MR) is 93.9 cm³/mol. The van der Waals surface area contributed by atoms with Crippen molar-refractivity contribution in [2.24, 2.45) is 5.73 Å². The molecule has 0 radical (unpaired) electrons. The Kier molecular flexibility index (Phi) is 5.72. The summed E-state index contributed by atoms with van der Waals surface area (Å²) in [6.07, 6.45) is 6.06. The van der Waals surface area contributed by atoms with Crippen molar-refractivity contribution in [3.8, 4) is 0 Å². The Hall–Kier alpha value is -2.91. The molecule has 4 amide bonds. The molecule has 0 bridgehead atoms. The molecule has 1 aromatic heterocycles. The van der Waals surface area contributed by atoms with Crippen molar-refractivity contribution in [3.05, 3.63) is 18.2 Å². The maximum absolute atomic E-state index is 13.1. The second-order valence-corrected chi connectivity index (χ2v) is 6.95. The topological polar surface area (TPSA) is 150 Å². The number of aromatic nitrogens is 2. The molecule has 10 heteroatoms. The van der Waals surface area contributed by atoms with Gasteiger partial charge in [0.2, 0.25) is 23.6 Å². The zero-order valence-electron chi connectivity index (χ0n) is 14.9. The highest BCUT2D eigenvalue weighted by atomic mass is 16.2. The summed E-state index contributed by atoms with van der Waals surface area (Å²) >= 11 is 0. The van der Waals surface area contributed by atoms with E-state index in [2.05, 4.69) is 20.6 Å². The molecule has 146 valence electrons. The van der Waals surface area contributed by atoms with E-state index in [1.54, 1.807) is 6.20 Å². The van der Waals surface area contributed by atoms with Gasteiger partial charge in [-0.3, -0.25) is 19.2 Å². The number of hydrogen-bond donors (Lipinski definition) is 4. The Morgan fingerprint density at radius 3 is 2.78 bits per heavy atom. The number of nitrogens with zero attached hydrogens (tertiary/aromatic N) is 2. The average molecular weight is 376 g/mol. The van der Waals surface area contributed by atoms with Crippen LogP contribution in [0.5, 0.6) is 0 Å². The smallest absolute Gasteiger partial charge is 0.246 e. The number of imidazole rings is 1. The van der Waals surface area contributed by atoms with Crippen molar-refractivity contribution < 1.29 is 19.2 Å². The number of amides is 4. The first kappa shape index (κ1) is 18.9. The lowest BCUT2D eigenvalue weighted by molar-refractivity contribution is -0.144. The molecule has 2 saturated heterocycles. The molecule has 0 aromatic carbocycles. The quantitative estimate of drug-likeness (QED) is 0.481. The third-order valence-electron chi connectivity index (χ3n) is 5.02. The molecule has 3 atom stereocenters. The molecule has 0 saturated carbocycles. The van der Waals surface area contributed by atoms with Crippen LogP contribution in [0.15, 0.2) is 12.5 Å². The van der Waals surface area contributed by atoms with E-state index in [0.29, 0.717) is 25.1 Å². The fraction of sp³-hybridized carbons (Fsp3) is 0.588. The number of hydrogen-bond acceptors (Lipinski definition) is 5. The van der Waals surface area contributed by atoms with Gasteiger partial charge >= 0.3 is 0 Å². The number of carbonyl (C=O) groups excluding carboxylic acids is 4. The first-order chi connectivity index (χ1) is 13.0. The molecule has 0 aliphatic carbocycles. The van der Waals surface area contributed by atoms with E-state index in [9.17, 15) is 19.2 Å². The number of H-pyrrole nitrogens is 1. The van der Waals surface area contributed by atoms with Gasteiger partial charge in [0.15, 0.2) is 0 Å². The van der Waals surface area contributed by atoms with Crippen LogP contribution < -0.4 is 16.4 Å². The second kappa shape index (κ2) is 8.19. The van der Waals surface area contributed by atoms with Gasteiger partial charge in [-0.2, -0.15) is 0 Å². The van der Waals surface area contributed by atoms with Gasteiger partial charge in [0.05, 0.1) is 6.33 Å². The van der Waals surface area contributed by atoms with E-state index in [4.69, 9.17) is 5.73 Å². The highest BCUT2D eigenvalue weighted by Crippen LogP contribution is 2.19. The minimum absolute atomic E-state index is 0.184. The minimum Gasteiger partial charge on any atom is -0.368 e. The van der Waals surface area contributed by atoms with Gasteiger partial charge in [0.1, 0.15) is 18.1 Å². The Bertz CT molecular complexity index is 719.